The number of methoxy groups -OCH3 is 1. The summed E-state index contributed by atoms with van der Waals surface area (Å²) in [4.78, 5) is 13.2. The zero-order valence-corrected chi connectivity index (χ0v) is 8.45. The predicted octanol–water partition coefficient (Wildman–Crippen LogP) is 0.269. The minimum atomic E-state index is -0.186. The summed E-state index contributed by atoms with van der Waals surface area (Å²) < 4.78 is 9.92. The molecule has 0 saturated carbocycles. The maximum absolute atomic E-state index is 11.2. The van der Waals surface area contributed by atoms with Crippen molar-refractivity contribution in [2.75, 3.05) is 27.4 Å². The molecule has 0 amide bonds. The first kappa shape index (κ1) is 10.5. The van der Waals surface area contributed by atoms with Crippen molar-refractivity contribution in [2.45, 2.75) is 25.4 Å². The second-order valence-electron chi connectivity index (χ2n) is 3.38. The second kappa shape index (κ2) is 4.58. The minimum absolute atomic E-state index is 0.184. The number of likely N-dealkylation sites (N-methyl/N-ethyl adjacent to an activating group) is 1. The maximum atomic E-state index is 11.2. The van der Waals surface area contributed by atoms with Crippen molar-refractivity contribution < 1.29 is 14.3 Å². The molecule has 0 spiro atoms. The van der Waals surface area contributed by atoms with Crippen molar-refractivity contribution in [3.8, 4) is 0 Å². The lowest BCUT2D eigenvalue weighted by atomic mass is 10.2. The number of carbonyl (C=O) groups excluding carboxylic acids is 1. The average molecular weight is 187 g/mol. The highest BCUT2D eigenvalue weighted by molar-refractivity contribution is 5.75. The standard InChI is InChI=1S/C9H17NO3/c1-7(9(11)12-3)10(2)8-4-5-13-6-8/h7-8H,4-6H2,1-3H3. The molecule has 0 aromatic rings. The molecular formula is C9H17NO3. The van der Waals surface area contributed by atoms with E-state index in [1.807, 2.05) is 18.9 Å². The van der Waals surface area contributed by atoms with Crippen LogP contribution in [0.3, 0.4) is 0 Å². The van der Waals surface area contributed by atoms with Crippen molar-refractivity contribution >= 4 is 5.97 Å². The molecule has 0 aliphatic carbocycles. The Morgan fingerprint density at radius 1 is 1.69 bits per heavy atom. The summed E-state index contributed by atoms with van der Waals surface area (Å²) in [6.45, 7) is 3.37. The second-order valence-corrected chi connectivity index (χ2v) is 3.38. The summed E-state index contributed by atoms with van der Waals surface area (Å²) in [5, 5.41) is 0. The van der Waals surface area contributed by atoms with Crippen molar-refractivity contribution in [3.05, 3.63) is 0 Å². The zero-order valence-electron chi connectivity index (χ0n) is 8.45. The van der Waals surface area contributed by atoms with Gasteiger partial charge in [-0.05, 0) is 20.4 Å². The molecule has 1 heterocycles. The fraction of sp³-hybridized carbons (Fsp3) is 0.889. The van der Waals surface area contributed by atoms with Crippen molar-refractivity contribution in [1.82, 2.24) is 4.90 Å². The van der Waals surface area contributed by atoms with Crippen LogP contribution in [0.15, 0.2) is 0 Å². The lowest BCUT2D eigenvalue weighted by Gasteiger charge is -2.27. The number of hydrogen-bond donors (Lipinski definition) is 0. The quantitative estimate of drug-likeness (QED) is 0.594. The molecule has 0 radical (unpaired) electrons. The zero-order chi connectivity index (χ0) is 9.84. The van der Waals surface area contributed by atoms with Crippen LogP contribution in [0, 0.1) is 0 Å². The molecule has 4 heteroatoms. The molecule has 2 unspecified atom stereocenters. The first-order valence-electron chi connectivity index (χ1n) is 4.54. The first-order valence-corrected chi connectivity index (χ1v) is 4.54. The molecule has 0 bridgehead atoms. The van der Waals surface area contributed by atoms with E-state index in [-0.39, 0.29) is 12.0 Å². The van der Waals surface area contributed by atoms with Crippen LogP contribution in [0.5, 0.6) is 0 Å². The van der Waals surface area contributed by atoms with Gasteiger partial charge in [-0.2, -0.15) is 0 Å². The predicted molar refractivity (Wildman–Crippen MR) is 48.5 cm³/mol. The van der Waals surface area contributed by atoms with Gasteiger partial charge >= 0.3 is 5.97 Å². The van der Waals surface area contributed by atoms with Crippen LogP contribution < -0.4 is 0 Å². The molecular weight excluding hydrogens is 170 g/mol. The van der Waals surface area contributed by atoms with E-state index in [4.69, 9.17) is 4.74 Å². The van der Waals surface area contributed by atoms with Gasteiger partial charge < -0.3 is 9.47 Å². The van der Waals surface area contributed by atoms with E-state index in [0.29, 0.717) is 6.04 Å². The Morgan fingerprint density at radius 3 is 2.85 bits per heavy atom. The summed E-state index contributed by atoms with van der Waals surface area (Å²) in [6, 6.07) is 0.172. The lowest BCUT2D eigenvalue weighted by molar-refractivity contribution is -0.146. The molecule has 13 heavy (non-hydrogen) atoms. The molecule has 76 valence electrons. The van der Waals surface area contributed by atoms with Crippen LogP contribution in [0.2, 0.25) is 0 Å². The summed E-state index contributed by atoms with van der Waals surface area (Å²) >= 11 is 0. The Kier molecular flexibility index (Phi) is 3.69. The molecule has 1 aliphatic rings. The molecule has 4 nitrogen and oxygen atoms in total. The van der Waals surface area contributed by atoms with Crippen molar-refractivity contribution in [1.29, 1.82) is 0 Å². The van der Waals surface area contributed by atoms with E-state index in [0.717, 1.165) is 19.6 Å². The van der Waals surface area contributed by atoms with Gasteiger partial charge in [0, 0.05) is 12.6 Å². The molecule has 0 aromatic heterocycles. The molecule has 1 saturated heterocycles. The van der Waals surface area contributed by atoms with Crippen LogP contribution in [0.4, 0.5) is 0 Å². The Bertz CT molecular complexity index is 178. The normalized spacial score (nSPS) is 24.8. The highest BCUT2D eigenvalue weighted by Gasteiger charge is 2.27. The van der Waals surface area contributed by atoms with Crippen molar-refractivity contribution in [2.24, 2.45) is 0 Å². The topological polar surface area (TPSA) is 38.8 Å². The minimum Gasteiger partial charge on any atom is -0.468 e. The van der Waals surface area contributed by atoms with Crippen LogP contribution in [-0.4, -0.2) is 50.3 Å². The van der Waals surface area contributed by atoms with Crippen LogP contribution in [0.1, 0.15) is 13.3 Å². The Labute approximate surface area is 78.8 Å². The number of hydrogen-bond acceptors (Lipinski definition) is 4. The summed E-state index contributed by atoms with van der Waals surface area (Å²) in [7, 11) is 3.35. The van der Waals surface area contributed by atoms with Gasteiger partial charge in [0.2, 0.25) is 0 Å². The molecule has 1 rings (SSSR count). The number of carbonyl (C=O) groups is 1. The fourth-order valence-electron chi connectivity index (χ4n) is 1.50. The molecule has 2 atom stereocenters. The fourth-order valence-corrected chi connectivity index (χ4v) is 1.50. The van der Waals surface area contributed by atoms with Gasteiger partial charge in [0.1, 0.15) is 6.04 Å². The third-order valence-electron chi connectivity index (χ3n) is 2.63. The van der Waals surface area contributed by atoms with Gasteiger partial charge in [-0.1, -0.05) is 0 Å². The van der Waals surface area contributed by atoms with E-state index < -0.39 is 0 Å². The lowest BCUT2D eigenvalue weighted by Crippen LogP contribution is -2.43. The van der Waals surface area contributed by atoms with Crippen LogP contribution in [-0.2, 0) is 14.3 Å². The summed E-state index contributed by atoms with van der Waals surface area (Å²) in [5.74, 6) is -0.186. The third-order valence-corrected chi connectivity index (χ3v) is 2.63. The van der Waals surface area contributed by atoms with E-state index in [2.05, 4.69) is 4.74 Å². The number of esters is 1. The van der Waals surface area contributed by atoms with E-state index in [1.54, 1.807) is 0 Å². The van der Waals surface area contributed by atoms with E-state index >= 15 is 0 Å². The molecule has 0 N–H and O–H groups in total. The Balaban J connectivity index is 2.45. The Morgan fingerprint density at radius 2 is 2.38 bits per heavy atom. The number of ether oxygens (including phenoxy) is 2. The molecule has 1 fully saturated rings. The van der Waals surface area contributed by atoms with Gasteiger partial charge in [0.25, 0.3) is 0 Å². The van der Waals surface area contributed by atoms with Crippen LogP contribution >= 0.6 is 0 Å². The molecule has 0 aromatic carbocycles. The summed E-state index contributed by atoms with van der Waals surface area (Å²) in [6.07, 6.45) is 0.998. The van der Waals surface area contributed by atoms with Gasteiger partial charge in [-0.3, -0.25) is 9.69 Å². The van der Waals surface area contributed by atoms with Crippen molar-refractivity contribution in [3.63, 3.8) is 0 Å². The largest absolute Gasteiger partial charge is 0.468 e. The third kappa shape index (κ3) is 2.42. The van der Waals surface area contributed by atoms with Gasteiger partial charge in [-0.15, -0.1) is 0 Å². The van der Waals surface area contributed by atoms with Gasteiger partial charge in [-0.25, -0.2) is 0 Å². The SMILES string of the molecule is COC(=O)C(C)N(C)C1CCOC1. The number of nitrogens with zero attached hydrogens (tertiary/aromatic N) is 1. The van der Waals surface area contributed by atoms with Crippen LogP contribution in [0.25, 0.3) is 0 Å². The monoisotopic (exact) mass is 187 g/mol. The van der Waals surface area contributed by atoms with Gasteiger partial charge in [0.15, 0.2) is 0 Å². The van der Waals surface area contributed by atoms with Gasteiger partial charge in [0.05, 0.1) is 13.7 Å². The molecule has 1 aliphatic heterocycles. The highest BCUT2D eigenvalue weighted by Crippen LogP contribution is 2.13. The number of rotatable bonds is 3. The summed E-state index contributed by atoms with van der Waals surface area (Å²) in [5.41, 5.74) is 0. The Hall–Kier alpha value is -0.610. The first-order chi connectivity index (χ1) is 6.16. The van der Waals surface area contributed by atoms with E-state index in [9.17, 15) is 4.79 Å². The van der Waals surface area contributed by atoms with E-state index in [1.165, 1.54) is 7.11 Å². The smallest absolute Gasteiger partial charge is 0.322 e. The maximum Gasteiger partial charge on any atom is 0.322 e. The average Bonchev–Trinajstić information content (AvgIpc) is 2.67. The highest BCUT2D eigenvalue weighted by atomic mass is 16.5.